The third kappa shape index (κ3) is 3.46. The Kier molecular flexibility index (Phi) is 4.92. The molecule has 20 heavy (non-hydrogen) atoms. The molecule has 0 aromatic heterocycles. The van der Waals surface area contributed by atoms with Crippen LogP contribution in [0.1, 0.15) is 18.4 Å². The highest BCUT2D eigenvalue weighted by Gasteiger charge is 2.20. The molecule has 1 aliphatic rings. The summed E-state index contributed by atoms with van der Waals surface area (Å²) in [6.07, 6.45) is 3.01. The molecule has 0 saturated carbocycles. The molecule has 5 nitrogen and oxygen atoms in total. The van der Waals surface area contributed by atoms with Crippen molar-refractivity contribution < 1.29 is 14.0 Å². The van der Waals surface area contributed by atoms with Gasteiger partial charge >= 0.3 is 0 Å². The molecular formula is C14H18FN3O2. The average molecular weight is 279 g/mol. The second-order valence-electron chi connectivity index (χ2n) is 4.83. The number of halogens is 1. The standard InChI is InChI=1S/C14H18FN3O2/c15-13-3-1-2-11(8-16-9-19)14(13)17-12-4-6-18(10-20)7-5-12/h1-3,9-10,12,17H,4-8H2,(H,16,19). The molecule has 0 aliphatic carbocycles. The Morgan fingerprint density at radius 1 is 1.30 bits per heavy atom. The molecule has 2 amide bonds. The van der Waals surface area contributed by atoms with Crippen LogP contribution in [-0.4, -0.2) is 36.9 Å². The number of rotatable bonds is 6. The van der Waals surface area contributed by atoms with E-state index in [2.05, 4.69) is 10.6 Å². The predicted octanol–water partition coefficient (Wildman–Crippen LogP) is 1.10. The van der Waals surface area contributed by atoms with E-state index in [9.17, 15) is 14.0 Å². The summed E-state index contributed by atoms with van der Waals surface area (Å²) in [4.78, 5) is 22.7. The highest BCUT2D eigenvalue weighted by Crippen LogP contribution is 2.23. The molecule has 1 aromatic carbocycles. The van der Waals surface area contributed by atoms with Crippen molar-refractivity contribution in [2.45, 2.75) is 25.4 Å². The van der Waals surface area contributed by atoms with Gasteiger partial charge in [0, 0.05) is 25.7 Å². The number of hydrogen-bond donors (Lipinski definition) is 2. The van der Waals surface area contributed by atoms with Crippen LogP contribution in [-0.2, 0) is 16.1 Å². The molecule has 108 valence electrons. The fourth-order valence-electron chi connectivity index (χ4n) is 2.38. The number of carbonyl (C=O) groups is 2. The Hall–Kier alpha value is -2.11. The zero-order chi connectivity index (χ0) is 14.4. The van der Waals surface area contributed by atoms with Crippen molar-refractivity contribution >= 4 is 18.5 Å². The first-order valence-corrected chi connectivity index (χ1v) is 6.65. The van der Waals surface area contributed by atoms with Crippen LogP contribution in [0.4, 0.5) is 10.1 Å². The van der Waals surface area contributed by atoms with E-state index in [4.69, 9.17) is 0 Å². The van der Waals surface area contributed by atoms with Gasteiger partial charge in [-0.1, -0.05) is 12.1 Å². The van der Waals surface area contributed by atoms with E-state index < -0.39 is 0 Å². The Balaban J connectivity index is 2.04. The number of anilines is 1. The lowest BCUT2D eigenvalue weighted by Gasteiger charge is -2.31. The van der Waals surface area contributed by atoms with Crippen molar-refractivity contribution in [3.05, 3.63) is 29.6 Å². The van der Waals surface area contributed by atoms with Crippen LogP contribution in [0.2, 0.25) is 0 Å². The molecule has 2 rings (SSSR count). The van der Waals surface area contributed by atoms with E-state index in [1.54, 1.807) is 17.0 Å². The highest BCUT2D eigenvalue weighted by molar-refractivity contribution is 5.55. The van der Waals surface area contributed by atoms with Crippen molar-refractivity contribution in [2.24, 2.45) is 0 Å². The Labute approximate surface area is 117 Å². The summed E-state index contributed by atoms with van der Waals surface area (Å²) < 4.78 is 13.9. The molecule has 1 heterocycles. The summed E-state index contributed by atoms with van der Waals surface area (Å²) in [6, 6.07) is 4.94. The van der Waals surface area contributed by atoms with Crippen molar-refractivity contribution in [1.82, 2.24) is 10.2 Å². The molecule has 1 saturated heterocycles. The molecule has 2 N–H and O–H groups in total. The molecule has 1 fully saturated rings. The third-order valence-corrected chi connectivity index (χ3v) is 3.50. The van der Waals surface area contributed by atoms with Crippen LogP contribution in [0.3, 0.4) is 0 Å². The summed E-state index contributed by atoms with van der Waals surface area (Å²) in [5.74, 6) is -0.326. The van der Waals surface area contributed by atoms with Crippen LogP contribution in [0.25, 0.3) is 0 Å². The van der Waals surface area contributed by atoms with Gasteiger partial charge in [0.25, 0.3) is 0 Å². The SMILES string of the molecule is O=CNCc1cccc(F)c1NC1CCN(C=O)CC1. The monoisotopic (exact) mass is 279 g/mol. The number of carbonyl (C=O) groups excluding carboxylic acids is 2. The molecule has 0 bridgehead atoms. The van der Waals surface area contributed by atoms with Gasteiger partial charge in [-0.05, 0) is 24.5 Å². The number of hydrogen-bond acceptors (Lipinski definition) is 3. The van der Waals surface area contributed by atoms with Crippen LogP contribution in [0.5, 0.6) is 0 Å². The van der Waals surface area contributed by atoms with Gasteiger partial charge in [-0.15, -0.1) is 0 Å². The van der Waals surface area contributed by atoms with E-state index >= 15 is 0 Å². The minimum atomic E-state index is -0.326. The van der Waals surface area contributed by atoms with Gasteiger partial charge in [0.15, 0.2) is 0 Å². The van der Waals surface area contributed by atoms with E-state index in [1.807, 2.05) is 0 Å². The average Bonchev–Trinajstić information content (AvgIpc) is 2.48. The zero-order valence-corrected chi connectivity index (χ0v) is 11.1. The topological polar surface area (TPSA) is 61.4 Å². The number of likely N-dealkylation sites (tertiary alicyclic amines) is 1. The quantitative estimate of drug-likeness (QED) is 0.767. The second kappa shape index (κ2) is 6.88. The maximum atomic E-state index is 13.9. The maximum Gasteiger partial charge on any atom is 0.209 e. The minimum Gasteiger partial charge on any atom is -0.380 e. The Morgan fingerprint density at radius 2 is 2.05 bits per heavy atom. The van der Waals surface area contributed by atoms with Crippen molar-refractivity contribution in [3.8, 4) is 0 Å². The number of benzene rings is 1. The van der Waals surface area contributed by atoms with Crippen molar-refractivity contribution in [2.75, 3.05) is 18.4 Å². The van der Waals surface area contributed by atoms with Crippen LogP contribution in [0.15, 0.2) is 18.2 Å². The molecule has 0 unspecified atom stereocenters. The first kappa shape index (κ1) is 14.3. The Morgan fingerprint density at radius 3 is 2.70 bits per heavy atom. The first-order valence-electron chi connectivity index (χ1n) is 6.65. The second-order valence-corrected chi connectivity index (χ2v) is 4.83. The number of nitrogens with one attached hydrogen (secondary N) is 2. The maximum absolute atomic E-state index is 13.9. The van der Waals surface area contributed by atoms with Gasteiger partial charge in [0.2, 0.25) is 12.8 Å². The number of amides is 2. The predicted molar refractivity (Wildman–Crippen MR) is 73.6 cm³/mol. The van der Waals surface area contributed by atoms with E-state index in [0.717, 1.165) is 24.8 Å². The zero-order valence-electron chi connectivity index (χ0n) is 11.1. The lowest BCUT2D eigenvalue weighted by Crippen LogP contribution is -2.38. The summed E-state index contributed by atoms with van der Waals surface area (Å²) in [6.45, 7) is 1.64. The summed E-state index contributed by atoms with van der Waals surface area (Å²) >= 11 is 0. The molecule has 6 heteroatoms. The number of nitrogens with zero attached hydrogens (tertiary/aromatic N) is 1. The first-order chi connectivity index (χ1) is 9.74. The van der Waals surface area contributed by atoms with Crippen molar-refractivity contribution in [3.63, 3.8) is 0 Å². The van der Waals surface area contributed by atoms with E-state index in [0.29, 0.717) is 25.2 Å². The van der Waals surface area contributed by atoms with Crippen LogP contribution >= 0.6 is 0 Å². The van der Waals surface area contributed by atoms with Gasteiger partial charge in [-0.2, -0.15) is 0 Å². The fourth-order valence-corrected chi connectivity index (χ4v) is 2.38. The molecular weight excluding hydrogens is 261 g/mol. The normalized spacial score (nSPS) is 15.8. The van der Waals surface area contributed by atoms with Crippen LogP contribution in [0, 0.1) is 5.82 Å². The van der Waals surface area contributed by atoms with Gasteiger partial charge < -0.3 is 15.5 Å². The van der Waals surface area contributed by atoms with Gasteiger partial charge in [0.05, 0.1) is 5.69 Å². The number of para-hydroxylation sites is 1. The smallest absolute Gasteiger partial charge is 0.209 e. The van der Waals surface area contributed by atoms with Gasteiger partial charge in [0.1, 0.15) is 5.82 Å². The minimum absolute atomic E-state index is 0.137. The van der Waals surface area contributed by atoms with Gasteiger partial charge in [-0.25, -0.2) is 4.39 Å². The van der Waals surface area contributed by atoms with Crippen LogP contribution < -0.4 is 10.6 Å². The van der Waals surface area contributed by atoms with E-state index in [-0.39, 0.29) is 18.4 Å². The summed E-state index contributed by atoms with van der Waals surface area (Å²) in [7, 11) is 0. The molecule has 1 aromatic rings. The molecule has 0 radical (unpaired) electrons. The Bertz CT molecular complexity index is 473. The summed E-state index contributed by atoms with van der Waals surface area (Å²) in [5, 5.41) is 5.74. The molecule has 1 aliphatic heterocycles. The summed E-state index contributed by atoms with van der Waals surface area (Å²) in [5.41, 5.74) is 1.15. The van der Waals surface area contributed by atoms with E-state index in [1.165, 1.54) is 6.07 Å². The van der Waals surface area contributed by atoms with Gasteiger partial charge in [-0.3, -0.25) is 9.59 Å². The largest absolute Gasteiger partial charge is 0.380 e. The fraction of sp³-hybridized carbons (Fsp3) is 0.429. The molecule has 0 spiro atoms. The lowest BCUT2D eigenvalue weighted by atomic mass is 10.0. The molecule has 0 atom stereocenters. The van der Waals surface area contributed by atoms with Crippen molar-refractivity contribution in [1.29, 1.82) is 0 Å². The highest BCUT2D eigenvalue weighted by atomic mass is 19.1. The number of piperidine rings is 1. The lowest BCUT2D eigenvalue weighted by molar-refractivity contribution is -0.119. The third-order valence-electron chi connectivity index (χ3n) is 3.50.